The van der Waals surface area contributed by atoms with Gasteiger partial charge >= 0.3 is 0 Å². The van der Waals surface area contributed by atoms with E-state index in [-0.39, 0.29) is 5.82 Å². The van der Waals surface area contributed by atoms with Crippen molar-refractivity contribution in [2.45, 2.75) is 26.2 Å². The van der Waals surface area contributed by atoms with E-state index in [9.17, 15) is 4.39 Å². The predicted octanol–water partition coefficient (Wildman–Crippen LogP) is 6.64. The Hall–Kier alpha value is -1.86. The van der Waals surface area contributed by atoms with Crippen LogP contribution in [-0.2, 0) is 6.42 Å². The van der Waals surface area contributed by atoms with Crippen molar-refractivity contribution in [2.75, 3.05) is 0 Å². The van der Waals surface area contributed by atoms with Crippen LogP contribution in [0.2, 0.25) is 5.02 Å². The van der Waals surface area contributed by atoms with E-state index in [1.165, 1.54) is 12.0 Å². The Morgan fingerprint density at radius 3 is 2.45 bits per heavy atom. The van der Waals surface area contributed by atoms with Gasteiger partial charge in [-0.05, 0) is 41.5 Å². The Morgan fingerprint density at radius 2 is 1.73 bits per heavy atom. The van der Waals surface area contributed by atoms with E-state index in [0.717, 1.165) is 23.8 Å². The first kappa shape index (κ1) is 15.1. The molecule has 0 bridgehead atoms. The molecule has 112 valence electrons. The molecule has 0 saturated carbocycles. The Labute approximate surface area is 135 Å². The number of aryl methyl sites for hydroxylation is 1. The van der Waals surface area contributed by atoms with Gasteiger partial charge in [0.2, 0.25) is 0 Å². The molecule has 0 aliphatic heterocycles. The Kier molecular flexibility index (Phi) is 4.44. The average Bonchev–Trinajstić information content (AvgIpc) is 2.54. The lowest BCUT2D eigenvalue weighted by Crippen LogP contribution is -1.90. The van der Waals surface area contributed by atoms with Crippen molar-refractivity contribution in [3.05, 3.63) is 71.0 Å². The minimum Gasteiger partial charge on any atom is -0.206 e. The van der Waals surface area contributed by atoms with Gasteiger partial charge in [0.1, 0.15) is 5.82 Å². The zero-order valence-corrected chi connectivity index (χ0v) is 13.3. The fourth-order valence-corrected chi connectivity index (χ4v) is 2.86. The molecule has 0 atom stereocenters. The number of hydrogen-bond acceptors (Lipinski definition) is 0. The van der Waals surface area contributed by atoms with Gasteiger partial charge in [-0.1, -0.05) is 67.4 Å². The van der Waals surface area contributed by atoms with Crippen molar-refractivity contribution in [1.29, 1.82) is 0 Å². The molecule has 2 heteroatoms. The van der Waals surface area contributed by atoms with Crippen LogP contribution in [0.15, 0.2) is 54.6 Å². The predicted molar refractivity (Wildman–Crippen MR) is 93.0 cm³/mol. The number of halogens is 2. The molecule has 0 N–H and O–H groups in total. The Morgan fingerprint density at radius 1 is 0.955 bits per heavy atom. The van der Waals surface area contributed by atoms with Gasteiger partial charge in [0.15, 0.2) is 0 Å². The number of fused-ring (bicyclic) bond motifs is 1. The molecule has 0 saturated heterocycles. The minimum atomic E-state index is -0.165. The van der Waals surface area contributed by atoms with Crippen molar-refractivity contribution in [2.24, 2.45) is 0 Å². The molecular formula is C20H18ClF. The summed E-state index contributed by atoms with van der Waals surface area (Å²) in [5.41, 5.74) is 2.73. The summed E-state index contributed by atoms with van der Waals surface area (Å²) in [4.78, 5) is 0. The Bertz CT molecular complexity index is 791. The lowest BCUT2D eigenvalue weighted by molar-refractivity contribution is 0.643. The molecule has 22 heavy (non-hydrogen) atoms. The van der Waals surface area contributed by atoms with Gasteiger partial charge in [0.05, 0.1) is 0 Å². The smallest absolute Gasteiger partial charge is 0.138 e. The first-order valence-corrected chi connectivity index (χ1v) is 8.04. The third-order valence-electron chi connectivity index (χ3n) is 3.99. The van der Waals surface area contributed by atoms with Crippen LogP contribution >= 0.6 is 11.6 Å². The maximum absolute atomic E-state index is 14.8. The van der Waals surface area contributed by atoms with Gasteiger partial charge in [0, 0.05) is 16.0 Å². The number of rotatable bonds is 4. The van der Waals surface area contributed by atoms with E-state index in [2.05, 4.69) is 13.0 Å². The van der Waals surface area contributed by atoms with Crippen LogP contribution in [-0.4, -0.2) is 0 Å². The van der Waals surface area contributed by atoms with Gasteiger partial charge in [-0.25, -0.2) is 4.39 Å². The van der Waals surface area contributed by atoms with E-state index in [4.69, 9.17) is 11.6 Å². The quantitative estimate of drug-likeness (QED) is 0.506. The molecule has 0 nitrogen and oxygen atoms in total. The van der Waals surface area contributed by atoms with Crippen LogP contribution in [0.5, 0.6) is 0 Å². The topological polar surface area (TPSA) is 0 Å². The van der Waals surface area contributed by atoms with Crippen molar-refractivity contribution in [1.82, 2.24) is 0 Å². The second-order valence-corrected chi connectivity index (χ2v) is 6.03. The fraction of sp³-hybridized carbons (Fsp3) is 0.200. The summed E-state index contributed by atoms with van der Waals surface area (Å²) in [6.07, 6.45) is 3.38. The van der Waals surface area contributed by atoms with Crippen LogP contribution in [0.4, 0.5) is 4.39 Å². The standard InChI is InChI=1S/C20H18ClF/c1-2-3-4-14-5-11-19-16(13-14)8-12-18(20(19)22)15-6-9-17(21)10-7-15/h5-13H,2-4H2,1H3. The zero-order chi connectivity index (χ0) is 15.5. The summed E-state index contributed by atoms with van der Waals surface area (Å²) < 4.78 is 14.8. The number of benzene rings is 3. The summed E-state index contributed by atoms with van der Waals surface area (Å²) in [6, 6.07) is 17.1. The molecule has 0 heterocycles. The van der Waals surface area contributed by atoms with Crippen LogP contribution in [0.25, 0.3) is 21.9 Å². The molecule has 0 aliphatic rings. The maximum atomic E-state index is 14.8. The van der Waals surface area contributed by atoms with Crippen LogP contribution < -0.4 is 0 Å². The maximum Gasteiger partial charge on any atom is 0.138 e. The SMILES string of the molecule is CCCCc1ccc2c(F)c(-c3ccc(Cl)cc3)ccc2c1. The third kappa shape index (κ3) is 3.00. The highest BCUT2D eigenvalue weighted by Crippen LogP contribution is 2.30. The largest absolute Gasteiger partial charge is 0.206 e. The van der Waals surface area contributed by atoms with Crippen molar-refractivity contribution in [3.63, 3.8) is 0 Å². The lowest BCUT2D eigenvalue weighted by atomic mass is 9.98. The van der Waals surface area contributed by atoms with Gasteiger partial charge < -0.3 is 0 Å². The van der Waals surface area contributed by atoms with Crippen molar-refractivity contribution in [3.8, 4) is 11.1 Å². The van der Waals surface area contributed by atoms with E-state index >= 15 is 0 Å². The molecule has 3 aromatic rings. The fourth-order valence-electron chi connectivity index (χ4n) is 2.73. The van der Waals surface area contributed by atoms with E-state index in [1.807, 2.05) is 36.4 Å². The van der Waals surface area contributed by atoms with Gasteiger partial charge in [0.25, 0.3) is 0 Å². The number of unbranched alkanes of at least 4 members (excludes halogenated alkanes) is 1. The summed E-state index contributed by atoms with van der Waals surface area (Å²) >= 11 is 5.90. The molecule has 0 radical (unpaired) electrons. The van der Waals surface area contributed by atoms with Crippen molar-refractivity contribution >= 4 is 22.4 Å². The van der Waals surface area contributed by atoms with Crippen molar-refractivity contribution < 1.29 is 4.39 Å². The molecule has 0 aliphatic carbocycles. The summed E-state index contributed by atoms with van der Waals surface area (Å²) in [5, 5.41) is 2.29. The van der Waals surface area contributed by atoms with E-state index in [1.54, 1.807) is 12.1 Å². The summed E-state index contributed by atoms with van der Waals surface area (Å²) in [7, 11) is 0. The van der Waals surface area contributed by atoms with Crippen LogP contribution in [0.3, 0.4) is 0 Å². The van der Waals surface area contributed by atoms with E-state index in [0.29, 0.717) is 16.0 Å². The summed E-state index contributed by atoms with van der Waals surface area (Å²) in [6.45, 7) is 2.18. The molecule has 0 amide bonds. The molecule has 0 aromatic heterocycles. The van der Waals surface area contributed by atoms with Gasteiger partial charge in [-0.3, -0.25) is 0 Å². The molecule has 0 fully saturated rings. The molecule has 0 unspecified atom stereocenters. The number of hydrogen-bond donors (Lipinski definition) is 0. The van der Waals surface area contributed by atoms with Gasteiger partial charge in [-0.15, -0.1) is 0 Å². The normalized spacial score (nSPS) is 11.0. The molecular weight excluding hydrogens is 295 g/mol. The minimum absolute atomic E-state index is 0.165. The van der Waals surface area contributed by atoms with Crippen LogP contribution in [0, 0.1) is 5.82 Å². The Balaban J connectivity index is 2.04. The third-order valence-corrected chi connectivity index (χ3v) is 4.24. The highest BCUT2D eigenvalue weighted by atomic mass is 35.5. The first-order valence-electron chi connectivity index (χ1n) is 7.66. The van der Waals surface area contributed by atoms with E-state index < -0.39 is 0 Å². The second kappa shape index (κ2) is 6.50. The van der Waals surface area contributed by atoms with Gasteiger partial charge in [-0.2, -0.15) is 0 Å². The highest BCUT2D eigenvalue weighted by Gasteiger charge is 2.09. The van der Waals surface area contributed by atoms with Crippen LogP contribution in [0.1, 0.15) is 25.3 Å². The average molecular weight is 313 g/mol. The molecule has 0 spiro atoms. The second-order valence-electron chi connectivity index (χ2n) is 5.59. The zero-order valence-electron chi connectivity index (χ0n) is 12.6. The highest BCUT2D eigenvalue weighted by molar-refractivity contribution is 6.30. The molecule has 3 aromatic carbocycles. The monoisotopic (exact) mass is 312 g/mol. The molecule has 3 rings (SSSR count). The first-order chi connectivity index (χ1) is 10.7. The summed E-state index contributed by atoms with van der Waals surface area (Å²) in [5.74, 6) is -0.165. The lowest BCUT2D eigenvalue weighted by Gasteiger charge is -2.09.